The van der Waals surface area contributed by atoms with Gasteiger partial charge in [0.15, 0.2) is 11.5 Å². The Hall–Kier alpha value is -4.86. The van der Waals surface area contributed by atoms with Crippen LogP contribution in [0.1, 0.15) is 21.5 Å². The third kappa shape index (κ3) is 5.59. The van der Waals surface area contributed by atoms with Crippen LogP contribution in [0.5, 0.6) is 11.5 Å². The van der Waals surface area contributed by atoms with Crippen molar-refractivity contribution in [1.82, 2.24) is 14.5 Å². The number of methoxy groups -OCH3 is 2. The maximum Gasteiger partial charge on any atom is 0.332 e. The lowest BCUT2D eigenvalue weighted by Gasteiger charge is -2.13. The standard InChI is InChI=1S/C28H28N4O6/c1-37-23-12-9-18(15-24(23)38-2)13-14-30-26(34)20-10-7-19(8-11-20)16-32-27(35)21-5-3-4-6-22(21)31(28(32)36)17-25(29)33/h3-12,15H,13-14,16-17H2,1-2H3,(H2,29,33)(H,30,34). The Balaban J connectivity index is 1.46. The molecule has 3 N–H and O–H groups in total. The van der Waals surface area contributed by atoms with Crippen molar-refractivity contribution in [2.45, 2.75) is 19.5 Å². The molecule has 0 unspecified atom stereocenters. The van der Waals surface area contributed by atoms with Crippen LogP contribution >= 0.6 is 0 Å². The highest BCUT2D eigenvalue weighted by molar-refractivity contribution is 5.94. The van der Waals surface area contributed by atoms with Crippen LogP contribution in [0, 0.1) is 0 Å². The Morgan fingerprint density at radius 1 is 0.868 bits per heavy atom. The fourth-order valence-corrected chi connectivity index (χ4v) is 4.22. The van der Waals surface area contributed by atoms with E-state index in [-0.39, 0.29) is 19.0 Å². The monoisotopic (exact) mass is 516 g/mol. The van der Waals surface area contributed by atoms with E-state index >= 15 is 0 Å². The molecule has 4 aromatic rings. The second-order valence-corrected chi connectivity index (χ2v) is 8.64. The fraction of sp³-hybridized carbons (Fsp3) is 0.214. The maximum atomic E-state index is 13.1. The van der Waals surface area contributed by atoms with E-state index in [1.807, 2.05) is 18.2 Å². The molecule has 4 rings (SSSR count). The number of hydrogen-bond donors (Lipinski definition) is 2. The lowest BCUT2D eigenvalue weighted by Crippen LogP contribution is -2.42. The first-order chi connectivity index (χ1) is 18.3. The number of carbonyl (C=O) groups excluding carboxylic acids is 2. The predicted octanol–water partition coefficient (Wildman–Crippen LogP) is 1.69. The number of benzene rings is 3. The number of primary amides is 1. The maximum absolute atomic E-state index is 13.1. The van der Waals surface area contributed by atoms with E-state index in [1.165, 1.54) is 4.57 Å². The number of nitrogens with one attached hydrogen (secondary N) is 1. The Kier molecular flexibility index (Phi) is 7.91. The van der Waals surface area contributed by atoms with Crippen molar-refractivity contribution in [3.8, 4) is 11.5 Å². The van der Waals surface area contributed by atoms with Gasteiger partial charge in [-0.15, -0.1) is 0 Å². The van der Waals surface area contributed by atoms with Gasteiger partial charge in [0.2, 0.25) is 5.91 Å². The van der Waals surface area contributed by atoms with Crippen LogP contribution in [-0.4, -0.2) is 41.7 Å². The summed E-state index contributed by atoms with van der Waals surface area (Å²) >= 11 is 0. The molecule has 2 amide bonds. The van der Waals surface area contributed by atoms with Gasteiger partial charge in [-0.1, -0.05) is 30.3 Å². The van der Waals surface area contributed by atoms with Gasteiger partial charge in [0, 0.05) is 12.1 Å². The summed E-state index contributed by atoms with van der Waals surface area (Å²) in [5.41, 5.74) is 6.64. The number of aromatic nitrogens is 2. The number of ether oxygens (including phenoxy) is 2. The van der Waals surface area contributed by atoms with Crippen LogP contribution in [0.4, 0.5) is 0 Å². The van der Waals surface area contributed by atoms with Gasteiger partial charge < -0.3 is 20.5 Å². The molecule has 10 nitrogen and oxygen atoms in total. The number of carbonyl (C=O) groups is 2. The topological polar surface area (TPSA) is 135 Å². The summed E-state index contributed by atoms with van der Waals surface area (Å²) in [5, 5.41) is 3.19. The number of amides is 2. The number of nitrogens with two attached hydrogens (primary N) is 1. The summed E-state index contributed by atoms with van der Waals surface area (Å²) in [6, 6.07) is 18.8. The van der Waals surface area contributed by atoms with E-state index in [9.17, 15) is 19.2 Å². The van der Waals surface area contributed by atoms with Crippen LogP contribution in [-0.2, 0) is 24.3 Å². The van der Waals surface area contributed by atoms with E-state index in [0.29, 0.717) is 46.5 Å². The van der Waals surface area contributed by atoms with E-state index in [1.54, 1.807) is 62.8 Å². The molecule has 38 heavy (non-hydrogen) atoms. The minimum Gasteiger partial charge on any atom is -0.493 e. The quantitative estimate of drug-likeness (QED) is 0.329. The van der Waals surface area contributed by atoms with Crippen LogP contribution < -0.4 is 31.8 Å². The van der Waals surface area contributed by atoms with Crippen molar-refractivity contribution in [2.75, 3.05) is 20.8 Å². The highest BCUT2D eigenvalue weighted by atomic mass is 16.5. The molecule has 0 spiro atoms. The van der Waals surface area contributed by atoms with Gasteiger partial charge in [-0.25, -0.2) is 4.79 Å². The van der Waals surface area contributed by atoms with Gasteiger partial charge in [0.1, 0.15) is 6.54 Å². The molecule has 10 heteroatoms. The minimum absolute atomic E-state index is 0.0253. The van der Waals surface area contributed by atoms with Crippen molar-refractivity contribution < 1.29 is 19.1 Å². The molecule has 0 aliphatic carbocycles. The summed E-state index contributed by atoms with van der Waals surface area (Å²) in [5.74, 6) is 0.324. The SMILES string of the molecule is COc1ccc(CCNC(=O)c2ccc(Cn3c(=O)c4ccccc4n(CC(N)=O)c3=O)cc2)cc1OC. The molecule has 0 saturated heterocycles. The van der Waals surface area contributed by atoms with Crippen LogP contribution in [0.3, 0.4) is 0 Å². The van der Waals surface area contributed by atoms with Crippen LogP contribution in [0.15, 0.2) is 76.3 Å². The molecule has 1 heterocycles. The number of para-hydroxylation sites is 1. The molecule has 3 aromatic carbocycles. The number of rotatable bonds is 10. The first-order valence-electron chi connectivity index (χ1n) is 11.9. The molecule has 0 bridgehead atoms. The second kappa shape index (κ2) is 11.5. The highest BCUT2D eigenvalue weighted by Gasteiger charge is 2.15. The van der Waals surface area contributed by atoms with Gasteiger partial charge in [0.25, 0.3) is 11.5 Å². The summed E-state index contributed by atoms with van der Waals surface area (Å²) in [6.07, 6.45) is 0.604. The second-order valence-electron chi connectivity index (χ2n) is 8.64. The highest BCUT2D eigenvalue weighted by Crippen LogP contribution is 2.27. The van der Waals surface area contributed by atoms with Crippen LogP contribution in [0.2, 0.25) is 0 Å². The zero-order valence-corrected chi connectivity index (χ0v) is 21.1. The molecule has 0 radical (unpaired) electrons. The first kappa shape index (κ1) is 26.2. The Morgan fingerprint density at radius 2 is 1.55 bits per heavy atom. The third-order valence-electron chi connectivity index (χ3n) is 6.15. The molecular formula is C28H28N4O6. The minimum atomic E-state index is -0.691. The van der Waals surface area contributed by atoms with E-state index in [2.05, 4.69) is 5.32 Å². The number of nitrogens with zero attached hydrogens (tertiary/aromatic N) is 2. The van der Waals surface area contributed by atoms with Crippen molar-refractivity contribution in [2.24, 2.45) is 5.73 Å². The molecule has 0 saturated carbocycles. The largest absolute Gasteiger partial charge is 0.493 e. The molecule has 0 atom stereocenters. The number of hydrogen-bond acceptors (Lipinski definition) is 6. The van der Waals surface area contributed by atoms with E-state index in [4.69, 9.17) is 15.2 Å². The Bertz CT molecular complexity index is 1600. The fourth-order valence-electron chi connectivity index (χ4n) is 4.22. The van der Waals surface area contributed by atoms with E-state index in [0.717, 1.165) is 10.1 Å². The predicted molar refractivity (Wildman–Crippen MR) is 143 cm³/mol. The zero-order chi connectivity index (χ0) is 27.2. The lowest BCUT2D eigenvalue weighted by molar-refractivity contribution is -0.118. The molecule has 196 valence electrons. The normalized spacial score (nSPS) is 10.8. The van der Waals surface area contributed by atoms with Gasteiger partial charge >= 0.3 is 5.69 Å². The summed E-state index contributed by atoms with van der Waals surface area (Å²) in [6.45, 7) is 0.0481. The molecule has 0 aliphatic heterocycles. The van der Waals surface area contributed by atoms with Crippen molar-refractivity contribution in [1.29, 1.82) is 0 Å². The average molecular weight is 517 g/mol. The molecular weight excluding hydrogens is 488 g/mol. The summed E-state index contributed by atoms with van der Waals surface area (Å²) in [7, 11) is 3.14. The molecule has 0 aliphatic rings. The van der Waals surface area contributed by atoms with Gasteiger partial charge in [-0.3, -0.25) is 23.5 Å². The van der Waals surface area contributed by atoms with Gasteiger partial charge in [-0.05, 0) is 53.9 Å². The van der Waals surface area contributed by atoms with Crippen molar-refractivity contribution >= 4 is 22.7 Å². The Labute approximate surface area is 218 Å². The van der Waals surface area contributed by atoms with E-state index < -0.39 is 17.2 Å². The van der Waals surface area contributed by atoms with Crippen molar-refractivity contribution in [3.05, 3.63) is 104 Å². The van der Waals surface area contributed by atoms with Gasteiger partial charge in [0.05, 0.1) is 31.7 Å². The summed E-state index contributed by atoms with van der Waals surface area (Å²) in [4.78, 5) is 50.3. The van der Waals surface area contributed by atoms with Gasteiger partial charge in [-0.2, -0.15) is 0 Å². The Morgan fingerprint density at radius 3 is 2.24 bits per heavy atom. The summed E-state index contributed by atoms with van der Waals surface area (Å²) < 4.78 is 12.8. The smallest absolute Gasteiger partial charge is 0.332 e. The lowest BCUT2D eigenvalue weighted by atomic mass is 10.1. The first-order valence-corrected chi connectivity index (χ1v) is 11.9. The van der Waals surface area contributed by atoms with Crippen LogP contribution in [0.25, 0.3) is 10.9 Å². The molecule has 0 fully saturated rings. The molecule has 1 aromatic heterocycles. The zero-order valence-electron chi connectivity index (χ0n) is 21.1. The third-order valence-corrected chi connectivity index (χ3v) is 6.15. The number of fused-ring (bicyclic) bond motifs is 1. The van der Waals surface area contributed by atoms with Crippen molar-refractivity contribution in [3.63, 3.8) is 0 Å². The average Bonchev–Trinajstić information content (AvgIpc) is 2.93.